The third-order valence-electron chi connectivity index (χ3n) is 9.08. The van der Waals surface area contributed by atoms with Gasteiger partial charge in [0.2, 0.25) is 0 Å². The Balaban J connectivity index is 1.58. The largest absolute Gasteiger partial charge is 0.390 e. The van der Waals surface area contributed by atoms with Crippen LogP contribution >= 0.6 is 0 Å². The molecule has 0 bridgehead atoms. The molecule has 0 spiro atoms. The third kappa shape index (κ3) is 2.29. The Bertz CT molecular complexity index is 504. The van der Waals surface area contributed by atoms with Crippen LogP contribution in [0, 0.1) is 40.9 Å². The molecule has 1 N–H and O–H groups in total. The van der Waals surface area contributed by atoms with Crippen molar-refractivity contribution in [3.63, 3.8) is 0 Å². The summed E-state index contributed by atoms with van der Waals surface area (Å²) in [5, 5.41) is 10.7. The van der Waals surface area contributed by atoms with E-state index in [1.807, 2.05) is 0 Å². The Morgan fingerprint density at radius 1 is 1.04 bits per heavy atom. The lowest BCUT2D eigenvalue weighted by atomic mass is 9.48. The molecule has 4 fully saturated rings. The number of rotatable bonds is 0. The lowest BCUT2D eigenvalue weighted by Crippen LogP contribution is -2.52. The van der Waals surface area contributed by atoms with Gasteiger partial charge in [-0.25, -0.2) is 0 Å². The standard InChI is InChI=1S/C22H36O/c1-5-16-7-9-20-18-8-6-15-13-22(4,23)14(2)12-19(15)17(18)10-11-21(16,20)3/h5,14-15,17-20,23H,6-13H2,1-4H3/b16-5-/t14-,15-,17-,18+,19-,20-,21+,22-/m0/s1. The molecule has 0 aromatic heterocycles. The number of fused-ring (bicyclic) bond motifs is 5. The SMILES string of the molecule is C/C=C1/CC[C@H]2[C@@H]3CC[C@H]4C[C@](C)(O)[C@@H](C)C[C@@H]4[C@H]3CC[C@]12C. The predicted octanol–water partition coefficient (Wildman–Crippen LogP) is 5.58. The number of hydrogen-bond donors (Lipinski definition) is 1. The smallest absolute Gasteiger partial charge is 0.0648 e. The van der Waals surface area contributed by atoms with Crippen LogP contribution in [0.3, 0.4) is 0 Å². The minimum Gasteiger partial charge on any atom is -0.390 e. The molecule has 0 aromatic carbocycles. The van der Waals surface area contributed by atoms with E-state index in [0.29, 0.717) is 11.3 Å². The van der Waals surface area contributed by atoms with Crippen LogP contribution in [-0.4, -0.2) is 10.7 Å². The molecule has 4 aliphatic carbocycles. The molecule has 0 unspecified atom stereocenters. The zero-order chi connectivity index (χ0) is 16.4. The minimum atomic E-state index is -0.414. The van der Waals surface area contributed by atoms with Crippen LogP contribution in [0.25, 0.3) is 0 Å². The van der Waals surface area contributed by atoms with Crippen molar-refractivity contribution < 1.29 is 5.11 Å². The highest BCUT2D eigenvalue weighted by atomic mass is 16.3. The summed E-state index contributed by atoms with van der Waals surface area (Å²) in [4.78, 5) is 0. The molecular weight excluding hydrogens is 280 g/mol. The molecule has 4 saturated carbocycles. The normalized spacial score (nSPS) is 57.7. The predicted molar refractivity (Wildman–Crippen MR) is 96.0 cm³/mol. The van der Waals surface area contributed by atoms with Gasteiger partial charge in [0.15, 0.2) is 0 Å². The van der Waals surface area contributed by atoms with Gasteiger partial charge in [-0.2, -0.15) is 0 Å². The highest BCUT2D eigenvalue weighted by molar-refractivity contribution is 5.23. The molecule has 0 aliphatic heterocycles. The van der Waals surface area contributed by atoms with E-state index in [1.54, 1.807) is 5.57 Å². The first-order chi connectivity index (χ1) is 10.9. The Morgan fingerprint density at radius 3 is 2.57 bits per heavy atom. The summed E-state index contributed by atoms with van der Waals surface area (Å²) >= 11 is 0. The zero-order valence-electron chi connectivity index (χ0n) is 15.6. The van der Waals surface area contributed by atoms with Gasteiger partial charge in [0.25, 0.3) is 0 Å². The maximum Gasteiger partial charge on any atom is 0.0648 e. The van der Waals surface area contributed by atoms with Crippen LogP contribution in [0.4, 0.5) is 0 Å². The molecule has 0 radical (unpaired) electrons. The van der Waals surface area contributed by atoms with Crippen molar-refractivity contribution in [1.82, 2.24) is 0 Å². The molecule has 0 aromatic rings. The van der Waals surface area contributed by atoms with Gasteiger partial charge in [0, 0.05) is 0 Å². The van der Waals surface area contributed by atoms with E-state index in [9.17, 15) is 5.11 Å². The second-order valence-electron chi connectivity index (χ2n) is 9.94. The van der Waals surface area contributed by atoms with Crippen LogP contribution in [0.15, 0.2) is 11.6 Å². The Kier molecular flexibility index (Phi) is 3.76. The Labute approximate surface area is 142 Å². The molecule has 0 heterocycles. The quantitative estimate of drug-likeness (QED) is 0.578. The summed E-state index contributed by atoms with van der Waals surface area (Å²) < 4.78 is 0. The van der Waals surface area contributed by atoms with Gasteiger partial charge in [0.1, 0.15) is 0 Å². The van der Waals surface area contributed by atoms with Gasteiger partial charge >= 0.3 is 0 Å². The van der Waals surface area contributed by atoms with Crippen LogP contribution < -0.4 is 0 Å². The van der Waals surface area contributed by atoms with Crippen molar-refractivity contribution in [2.75, 3.05) is 0 Å². The van der Waals surface area contributed by atoms with Gasteiger partial charge in [-0.15, -0.1) is 0 Å². The molecule has 8 atom stereocenters. The molecule has 0 saturated heterocycles. The summed E-state index contributed by atoms with van der Waals surface area (Å²) in [6.07, 6.45) is 13.3. The molecular formula is C22H36O. The summed E-state index contributed by atoms with van der Waals surface area (Å²) in [5.74, 6) is 5.07. The van der Waals surface area contributed by atoms with E-state index >= 15 is 0 Å². The highest BCUT2D eigenvalue weighted by Crippen LogP contribution is 2.64. The molecule has 1 nitrogen and oxygen atoms in total. The van der Waals surface area contributed by atoms with E-state index in [0.717, 1.165) is 36.0 Å². The molecule has 4 rings (SSSR count). The monoisotopic (exact) mass is 316 g/mol. The lowest BCUT2D eigenvalue weighted by molar-refractivity contribution is -0.116. The van der Waals surface area contributed by atoms with Crippen LogP contribution in [0.2, 0.25) is 0 Å². The minimum absolute atomic E-state index is 0.414. The maximum atomic E-state index is 10.7. The fourth-order valence-electron chi connectivity index (χ4n) is 7.57. The molecule has 130 valence electrons. The first kappa shape index (κ1) is 16.2. The maximum absolute atomic E-state index is 10.7. The highest BCUT2D eigenvalue weighted by Gasteiger charge is 2.56. The van der Waals surface area contributed by atoms with Crippen molar-refractivity contribution >= 4 is 0 Å². The number of allylic oxidation sites excluding steroid dienone is 2. The third-order valence-corrected chi connectivity index (χ3v) is 9.08. The van der Waals surface area contributed by atoms with Gasteiger partial charge in [0.05, 0.1) is 5.60 Å². The summed E-state index contributed by atoms with van der Waals surface area (Å²) in [6.45, 7) is 9.22. The molecule has 4 aliphatic rings. The first-order valence-electron chi connectivity index (χ1n) is 10.2. The summed E-state index contributed by atoms with van der Waals surface area (Å²) in [6, 6.07) is 0. The van der Waals surface area contributed by atoms with Gasteiger partial charge in [-0.3, -0.25) is 0 Å². The van der Waals surface area contributed by atoms with E-state index in [-0.39, 0.29) is 0 Å². The van der Waals surface area contributed by atoms with Crippen molar-refractivity contribution in [1.29, 1.82) is 0 Å². The fourth-order valence-corrected chi connectivity index (χ4v) is 7.57. The van der Waals surface area contributed by atoms with Crippen molar-refractivity contribution in [3.05, 3.63) is 11.6 Å². The van der Waals surface area contributed by atoms with E-state index in [1.165, 1.54) is 44.9 Å². The van der Waals surface area contributed by atoms with E-state index in [2.05, 4.69) is 33.8 Å². The zero-order valence-corrected chi connectivity index (χ0v) is 15.6. The topological polar surface area (TPSA) is 20.2 Å². The van der Waals surface area contributed by atoms with Crippen molar-refractivity contribution in [2.45, 2.75) is 84.7 Å². The fraction of sp³-hybridized carbons (Fsp3) is 0.909. The van der Waals surface area contributed by atoms with Crippen LogP contribution in [-0.2, 0) is 0 Å². The summed E-state index contributed by atoms with van der Waals surface area (Å²) in [7, 11) is 0. The average molecular weight is 317 g/mol. The van der Waals surface area contributed by atoms with E-state index < -0.39 is 5.60 Å². The van der Waals surface area contributed by atoms with Gasteiger partial charge < -0.3 is 5.11 Å². The van der Waals surface area contributed by atoms with Crippen molar-refractivity contribution in [2.24, 2.45) is 40.9 Å². The Morgan fingerprint density at radius 2 is 1.83 bits per heavy atom. The second-order valence-corrected chi connectivity index (χ2v) is 9.94. The molecule has 0 amide bonds. The number of hydrogen-bond acceptors (Lipinski definition) is 1. The van der Waals surface area contributed by atoms with Crippen molar-refractivity contribution in [3.8, 4) is 0 Å². The molecule has 1 heteroatoms. The van der Waals surface area contributed by atoms with Gasteiger partial charge in [-0.1, -0.05) is 25.5 Å². The van der Waals surface area contributed by atoms with Gasteiger partial charge in [-0.05, 0) is 106 Å². The first-order valence-corrected chi connectivity index (χ1v) is 10.2. The summed E-state index contributed by atoms with van der Waals surface area (Å²) in [5.41, 5.74) is 1.88. The average Bonchev–Trinajstić information content (AvgIpc) is 2.84. The second kappa shape index (κ2) is 5.35. The number of aliphatic hydroxyl groups is 1. The van der Waals surface area contributed by atoms with Crippen LogP contribution in [0.1, 0.15) is 79.1 Å². The van der Waals surface area contributed by atoms with E-state index in [4.69, 9.17) is 0 Å². The Hall–Kier alpha value is -0.300. The lowest BCUT2D eigenvalue weighted by Gasteiger charge is -2.57. The molecule has 23 heavy (non-hydrogen) atoms. The van der Waals surface area contributed by atoms with Crippen LogP contribution in [0.5, 0.6) is 0 Å².